The molecular formula is C20H34N3O3P. The Kier molecular flexibility index (Phi) is 12.7. The molecule has 27 heavy (non-hydrogen) atoms. The minimum absolute atomic E-state index is 0.0473. The monoisotopic (exact) mass is 395 g/mol. The summed E-state index contributed by atoms with van der Waals surface area (Å²) in [4.78, 5) is 12.2. The zero-order chi connectivity index (χ0) is 20.9. The van der Waals surface area contributed by atoms with Gasteiger partial charge >= 0.3 is 0 Å². The van der Waals surface area contributed by atoms with Crippen molar-refractivity contribution in [3.8, 4) is 6.07 Å². The van der Waals surface area contributed by atoms with Crippen molar-refractivity contribution in [3.63, 3.8) is 0 Å². The topological polar surface area (TPSA) is 82.4 Å². The smallest absolute Gasteiger partial charge is 0.269 e. The molecule has 1 unspecified atom stereocenters. The largest absolute Gasteiger partial charge is 0.349 e. The van der Waals surface area contributed by atoms with Crippen molar-refractivity contribution in [3.05, 3.63) is 35.4 Å². The predicted molar refractivity (Wildman–Crippen MR) is 111 cm³/mol. The number of nitriles is 1. The summed E-state index contributed by atoms with van der Waals surface area (Å²) in [7, 11) is -2.71. The Morgan fingerprint density at radius 3 is 2.41 bits per heavy atom. The molecule has 1 aromatic rings. The van der Waals surface area contributed by atoms with Crippen LogP contribution in [-0.4, -0.2) is 43.0 Å². The second-order valence-corrected chi connectivity index (χ2v) is 8.04. The summed E-state index contributed by atoms with van der Waals surface area (Å²) in [6.07, 6.45) is 1.46. The maximum Gasteiger partial charge on any atom is 0.269 e. The van der Waals surface area contributed by atoms with Crippen LogP contribution in [0.4, 0.5) is 0 Å². The highest BCUT2D eigenvalue weighted by Crippen LogP contribution is 2.47. The van der Waals surface area contributed by atoms with E-state index in [2.05, 4.69) is 5.32 Å². The van der Waals surface area contributed by atoms with Gasteiger partial charge in [0.05, 0.1) is 18.2 Å². The van der Waals surface area contributed by atoms with Gasteiger partial charge in [0.2, 0.25) is 0 Å². The molecule has 6 nitrogen and oxygen atoms in total. The fraction of sp³-hybridized carbons (Fsp3) is 0.600. The minimum Gasteiger partial charge on any atom is -0.349 e. The fourth-order valence-corrected chi connectivity index (χ4v) is 4.29. The predicted octanol–water partition coefficient (Wildman–Crippen LogP) is 4.66. The van der Waals surface area contributed by atoms with Gasteiger partial charge < -0.3 is 9.84 Å². The van der Waals surface area contributed by atoms with E-state index in [9.17, 15) is 9.36 Å². The van der Waals surface area contributed by atoms with Crippen LogP contribution in [0.25, 0.3) is 0 Å². The number of piperidine rings is 1. The lowest BCUT2D eigenvalue weighted by molar-refractivity contribution is 0.0922. The fourth-order valence-electron chi connectivity index (χ4n) is 2.69. The molecule has 1 aliphatic rings. The van der Waals surface area contributed by atoms with Gasteiger partial charge in [-0.1, -0.05) is 33.8 Å². The van der Waals surface area contributed by atoms with Crippen LogP contribution < -0.4 is 5.32 Å². The Labute approximate surface area is 164 Å². The van der Waals surface area contributed by atoms with E-state index in [4.69, 9.17) is 9.79 Å². The average Bonchev–Trinajstić information content (AvgIpc) is 2.71. The maximum atomic E-state index is 12.4. The highest BCUT2D eigenvalue weighted by molar-refractivity contribution is 7.55. The van der Waals surface area contributed by atoms with Crippen LogP contribution in [0.3, 0.4) is 0 Å². The highest BCUT2D eigenvalue weighted by atomic mass is 31.2. The molecule has 1 fully saturated rings. The number of hydrogen-bond donors (Lipinski definition) is 1. The molecule has 0 bridgehead atoms. The molecule has 152 valence electrons. The molecule has 1 aliphatic heterocycles. The van der Waals surface area contributed by atoms with E-state index in [1.165, 1.54) is 0 Å². The number of nitrogens with zero attached hydrogens (tertiary/aromatic N) is 2. The van der Waals surface area contributed by atoms with Crippen molar-refractivity contribution in [2.75, 3.05) is 26.4 Å². The van der Waals surface area contributed by atoms with Gasteiger partial charge in [-0.15, -0.1) is 0 Å². The molecule has 1 N–H and O–H groups in total. The van der Waals surface area contributed by atoms with Crippen molar-refractivity contribution in [2.24, 2.45) is 0 Å². The van der Waals surface area contributed by atoms with Gasteiger partial charge in [-0.3, -0.25) is 9.36 Å². The number of hydrogen-bond acceptors (Lipinski definition) is 4. The molecular weight excluding hydrogens is 361 g/mol. The second kappa shape index (κ2) is 13.5. The Hall–Kier alpha value is -1.67. The van der Waals surface area contributed by atoms with Gasteiger partial charge in [0.15, 0.2) is 0 Å². The van der Waals surface area contributed by atoms with Crippen molar-refractivity contribution in [1.82, 2.24) is 9.99 Å². The number of amides is 1. The summed E-state index contributed by atoms with van der Waals surface area (Å²) in [5.41, 5.74) is 0.957. The molecule has 7 heteroatoms. The van der Waals surface area contributed by atoms with Crippen LogP contribution >= 0.6 is 7.52 Å². The lowest BCUT2D eigenvalue weighted by Crippen LogP contribution is -2.43. The molecule has 0 aromatic heterocycles. The Balaban J connectivity index is 0.00000158. The Morgan fingerprint density at radius 2 is 1.89 bits per heavy atom. The van der Waals surface area contributed by atoms with Gasteiger partial charge in [-0.2, -0.15) is 5.26 Å². The lowest BCUT2D eigenvalue weighted by atomic mass is 10.1. The molecule has 2 rings (SSSR count). The third-order valence-corrected chi connectivity index (χ3v) is 6.11. The van der Waals surface area contributed by atoms with Crippen molar-refractivity contribution < 1.29 is 13.9 Å². The molecule has 1 heterocycles. The Bertz CT molecular complexity index is 650. The molecule has 0 aliphatic carbocycles. The van der Waals surface area contributed by atoms with Crippen molar-refractivity contribution in [1.29, 1.82) is 5.26 Å². The van der Waals surface area contributed by atoms with Crippen LogP contribution in [0.2, 0.25) is 0 Å². The summed E-state index contributed by atoms with van der Waals surface area (Å²) in [6, 6.07) is 8.72. The number of carbonyl (C=O) groups excluding carboxylic acids is 1. The number of rotatable bonds is 5. The highest BCUT2D eigenvalue weighted by Gasteiger charge is 2.30. The zero-order valence-corrected chi connectivity index (χ0v) is 18.4. The van der Waals surface area contributed by atoms with E-state index in [0.29, 0.717) is 30.8 Å². The van der Waals surface area contributed by atoms with Crippen LogP contribution in [0.5, 0.6) is 0 Å². The normalized spacial score (nSPS) is 16.5. The van der Waals surface area contributed by atoms with Gasteiger partial charge in [-0.25, -0.2) is 4.67 Å². The molecule has 0 spiro atoms. The third kappa shape index (κ3) is 8.26. The van der Waals surface area contributed by atoms with Crippen LogP contribution in [0.15, 0.2) is 24.3 Å². The molecule has 1 aromatic carbocycles. The molecule has 1 atom stereocenters. The van der Waals surface area contributed by atoms with Gasteiger partial charge in [0.1, 0.15) is 0 Å². The molecule has 1 saturated heterocycles. The van der Waals surface area contributed by atoms with Crippen LogP contribution in [0, 0.1) is 11.3 Å². The van der Waals surface area contributed by atoms with E-state index in [1.807, 2.05) is 45.4 Å². The SMILES string of the molecule is CC.CC.CCOP(C)(=O)N1CCC(NC(=O)c2cccc(C#N)c2)CC1. The number of benzene rings is 1. The van der Waals surface area contributed by atoms with Gasteiger partial charge in [0, 0.05) is 31.4 Å². The first-order chi connectivity index (χ1) is 13.0. The summed E-state index contributed by atoms with van der Waals surface area (Å²) in [6.45, 7) is 13.2. The van der Waals surface area contributed by atoms with Crippen LogP contribution in [0.1, 0.15) is 63.4 Å². The quantitative estimate of drug-likeness (QED) is 0.733. The first kappa shape index (κ1) is 25.3. The van der Waals surface area contributed by atoms with E-state index < -0.39 is 7.52 Å². The third-order valence-electron chi connectivity index (χ3n) is 3.94. The summed E-state index contributed by atoms with van der Waals surface area (Å²) < 4.78 is 19.6. The van der Waals surface area contributed by atoms with Crippen molar-refractivity contribution in [2.45, 2.75) is 53.5 Å². The average molecular weight is 395 g/mol. The van der Waals surface area contributed by atoms with E-state index in [-0.39, 0.29) is 11.9 Å². The van der Waals surface area contributed by atoms with Crippen LogP contribution in [-0.2, 0) is 9.09 Å². The van der Waals surface area contributed by atoms with E-state index in [0.717, 1.165) is 12.8 Å². The van der Waals surface area contributed by atoms with Crippen molar-refractivity contribution >= 4 is 13.4 Å². The second-order valence-electron chi connectivity index (χ2n) is 5.61. The molecule has 0 saturated carbocycles. The maximum absolute atomic E-state index is 12.4. The summed E-state index contributed by atoms with van der Waals surface area (Å²) in [5.74, 6) is -0.176. The lowest BCUT2D eigenvalue weighted by Gasteiger charge is -2.35. The first-order valence-electron chi connectivity index (χ1n) is 9.74. The number of carbonyl (C=O) groups is 1. The number of nitrogens with one attached hydrogen (secondary N) is 1. The summed E-state index contributed by atoms with van der Waals surface area (Å²) in [5, 5.41) is 11.9. The zero-order valence-electron chi connectivity index (χ0n) is 17.5. The van der Waals surface area contributed by atoms with Gasteiger partial charge in [0.25, 0.3) is 13.4 Å². The standard InChI is InChI=1S/C16H22N3O3P.2C2H6/c1-3-22-23(2,21)19-9-7-15(8-10-19)18-16(20)14-6-4-5-13(11-14)12-17;2*1-2/h4-6,11,15H,3,7-10H2,1-2H3,(H,18,20);2*1-2H3. The van der Waals surface area contributed by atoms with E-state index in [1.54, 1.807) is 30.9 Å². The minimum atomic E-state index is -2.71. The molecule has 0 radical (unpaired) electrons. The van der Waals surface area contributed by atoms with Gasteiger partial charge in [-0.05, 0) is 38.0 Å². The Morgan fingerprint density at radius 1 is 1.30 bits per heavy atom. The molecule has 1 amide bonds. The van der Waals surface area contributed by atoms with E-state index >= 15 is 0 Å². The first-order valence-corrected chi connectivity index (χ1v) is 11.8. The summed E-state index contributed by atoms with van der Waals surface area (Å²) >= 11 is 0.